The number of nitrogens with two attached hydrogens (primary N) is 1. The number of fused-ring (bicyclic) bond motifs is 6. The van der Waals surface area contributed by atoms with Crippen molar-refractivity contribution in [1.29, 1.82) is 0 Å². The highest BCUT2D eigenvalue weighted by molar-refractivity contribution is 5.99. The molecule has 7 heteroatoms. The Morgan fingerprint density at radius 1 is 1.20 bits per heavy atom. The van der Waals surface area contributed by atoms with Crippen LogP contribution in [0.25, 0.3) is 11.1 Å². The number of nitrogens with zero attached hydrogens (tertiary/aromatic N) is 1. The maximum atomic E-state index is 12.9. The molecule has 1 aromatic heterocycles. The smallest absolute Gasteiger partial charge is 0.411 e. The summed E-state index contributed by atoms with van der Waals surface area (Å²) >= 11 is 0. The van der Waals surface area contributed by atoms with Crippen LogP contribution in [0.4, 0.5) is 16.2 Å². The van der Waals surface area contributed by atoms with Gasteiger partial charge in [-0.2, -0.15) is 0 Å². The number of ether oxygens (including phenoxy) is 1. The summed E-state index contributed by atoms with van der Waals surface area (Å²) in [6, 6.07) is 7.47. The molecule has 0 radical (unpaired) electrons. The number of carbonyl (C=O) groups is 2. The fourth-order valence-electron chi connectivity index (χ4n) is 4.30. The van der Waals surface area contributed by atoms with E-state index < -0.39 is 6.09 Å². The van der Waals surface area contributed by atoms with Crippen LogP contribution in [0.15, 0.2) is 24.3 Å². The fraction of sp³-hybridized carbons (Fsp3) is 0.435. The number of hydrogen-bond donors (Lipinski definition) is 3. The number of nitrogens with one attached hydrogen (secondary N) is 2. The summed E-state index contributed by atoms with van der Waals surface area (Å²) in [6.07, 6.45) is 4.84. The van der Waals surface area contributed by atoms with Gasteiger partial charge in [0, 0.05) is 28.9 Å². The van der Waals surface area contributed by atoms with Crippen molar-refractivity contribution in [1.82, 2.24) is 4.98 Å². The maximum Gasteiger partial charge on any atom is 0.411 e. The molecule has 0 saturated carbocycles. The monoisotopic (exact) mass is 408 g/mol. The summed E-state index contributed by atoms with van der Waals surface area (Å²) in [5, 5.41) is 5.76. The molecule has 2 heterocycles. The van der Waals surface area contributed by atoms with Gasteiger partial charge >= 0.3 is 6.09 Å². The van der Waals surface area contributed by atoms with Gasteiger partial charge in [0.05, 0.1) is 18.5 Å². The largest absolute Gasteiger partial charge is 0.453 e. The van der Waals surface area contributed by atoms with E-state index in [1.54, 1.807) is 6.07 Å². The third kappa shape index (κ3) is 4.03. The van der Waals surface area contributed by atoms with Crippen molar-refractivity contribution in [3.05, 3.63) is 41.2 Å². The highest BCUT2D eigenvalue weighted by atomic mass is 16.5. The molecule has 0 spiro atoms. The van der Waals surface area contributed by atoms with Gasteiger partial charge in [0.1, 0.15) is 0 Å². The Balaban J connectivity index is 1.87. The molecular weight excluding hydrogens is 380 g/mol. The quantitative estimate of drug-likeness (QED) is 0.656. The van der Waals surface area contributed by atoms with Crippen molar-refractivity contribution >= 4 is 23.4 Å². The van der Waals surface area contributed by atoms with E-state index in [9.17, 15) is 9.59 Å². The maximum absolute atomic E-state index is 12.9. The number of amides is 2. The topological polar surface area (TPSA) is 106 Å². The summed E-state index contributed by atoms with van der Waals surface area (Å²) in [7, 11) is 1.32. The lowest BCUT2D eigenvalue weighted by molar-refractivity contribution is -0.119. The van der Waals surface area contributed by atoms with Crippen molar-refractivity contribution in [2.24, 2.45) is 11.7 Å². The zero-order valence-corrected chi connectivity index (χ0v) is 17.5. The molecule has 4 rings (SSSR count). The first-order chi connectivity index (χ1) is 14.5. The van der Waals surface area contributed by atoms with Crippen LogP contribution in [0.2, 0.25) is 0 Å². The van der Waals surface area contributed by atoms with Crippen LogP contribution in [-0.2, 0) is 22.4 Å². The number of carbonyl (C=O) groups excluding carboxylic acids is 2. The van der Waals surface area contributed by atoms with Crippen LogP contribution in [-0.4, -0.2) is 24.1 Å². The van der Waals surface area contributed by atoms with Crippen molar-refractivity contribution in [3.8, 4) is 11.1 Å². The van der Waals surface area contributed by atoms with Crippen molar-refractivity contribution in [3.63, 3.8) is 0 Å². The molecule has 1 aromatic carbocycles. The van der Waals surface area contributed by atoms with Crippen LogP contribution in [0.1, 0.15) is 55.6 Å². The van der Waals surface area contributed by atoms with Gasteiger partial charge in [-0.05, 0) is 61.4 Å². The molecule has 0 saturated heterocycles. The Morgan fingerprint density at radius 3 is 2.83 bits per heavy atom. The lowest BCUT2D eigenvalue weighted by atomic mass is 9.92. The van der Waals surface area contributed by atoms with Gasteiger partial charge in [0.15, 0.2) is 0 Å². The molecule has 1 aliphatic heterocycles. The summed E-state index contributed by atoms with van der Waals surface area (Å²) in [6.45, 7) is 1.93. The van der Waals surface area contributed by atoms with E-state index in [1.165, 1.54) is 12.7 Å². The van der Waals surface area contributed by atoms with E-state index in [0.717, 1.165) is 61.0 Å². The zero-order valence-electron chi connectivity index (χ0n) is 17.5. The molecule has 2 unspecified atom stereocenters. The third-order valence-corrected chi connectivity index (χ3v) is 6.05. The number of methoxy groups -OCH3 is 1. The predicted octanol–water partition coefficient (Wildman–Crippen LogP) is 4.17. The fourth-order valence-corrected chi connectivity index (χ4v) is 4.30. The second-order valence-corrected chi connectivity index (χ2v) is 8.18. The molecule has 2 amide bonds. The van der Waals surface area contributed by atoms with Gasteiger partial charge < -0.3 is 15.8 Å². The SMILES string of the molecule is COC(=O)Nc1ccc2c(c1)NC(=O)C(C)CCCC(N)c1cc-2c2c(n1)CCC2. The van der Waals surface area contributed by atoms with E-state index in [-0.39, 0.29) is 17.9 Å². The summed E-state index contributed by atoms with van der Waals surface area (Å²) in [5.74, 6) is -0.176. The Morgan fingerprint density at radius 2 is 2.03 bits per heavy atom. The van der Waals surface area contributed by atoms with Gasteiger partial charge in [-0.3, -0.25) is 15.1 Å². The van der Waals surface area contributed by atoms with E-state index >= 15 is 0 Å². The summed E-state index contributed by atoms with van der Waals surface area (Å²) < 4.78 is 4.70. The number of aromatic nitrogens is 1. The van der Waals surface area contributed by atoms with E-state index in [4.69, 9.17) is 15.5 Å². The molecule has 30 heavy (non-hydrogen) atoms. The van der Waals surface area contributed by atoms with Gasteiger partial charge in [0.25, 0.3) is 0 Å². The second kappa shape index (κ2) is 8.44. The Labute approximate surface area is 176 Å². The van der Waals surface area contributed by atoms with E-state index in [2.05, 4.69) is 16.7 Å². The molecule has 4 N–H and O–H groups in total. The molecular formula is C23H28N4O3. The van der Waals surface area contributed by atoms with Gasteiger partial charge in [0.2, 0.25) is 5.91 Å². The van der Waals surface area contributed by atoms with Gasteiger partial charge in [-0.1, -0.05) is 19.4 Å². The molecule has 2 aromatic rings. The molecule has 0 fully saturated rings. The van der Waals surface area contributed by atoms with Gasteiger partial charge in [-0.15, -0.1) is 0 Å². The third-order valence-electron chi connectivity index (χ3n) is 6.05. The number of rotatable bonds is 1. The number of hydrogen-bond acceptors (Lipinski definition) is 5. The highest BCUT2D eigenvalue weighted by Gasteiger charge is 2.25. The normalized spacial score (nSPS) is 20.8. The number of pyridine rings is 1. The zero-order chi connectivity index (χ0) is 21.3. The van der Waals surface area contributed by atoms with Crippen LogP contribution in [0.3, 0.4) is 0 Å². The van der Waals surface area contributed by atoms with Crippen LogP contribution >= 0.6 is 0 Å². The number of benzene rings is 1. The minimum Gasteiger partial charge on any atom is -0.453 e. The average Bonchev–Trinajstić information content (AvgIpc) is 3.21. The van der Waals surface area contributed by atoms with Gasteiger partial charge in [-0.25, -0.2) is 4.79 Å². The molecule has 158 valence electrons. The highest BCUT2D eigenvalue weighted by Crippen LogP contribution is 2.39. The Kier molecular flexibility index (Phi) is 5.72. The average molecular weight is 409 g/mol. The van der Waals surface area contributed by atoms with Crippen molar-refractivity contribution < 1.29 is 14.3 Å². The van der Waals surface area contributed by atoms with E-state index in [0.29, 0.717) is 11.4 Å². The number of anilines is 2. The number of aryl methyl sites for hydroxylation is 1. The van der Waals surface area contributed by atoms with Crippen LogP contribution in [0, 0.1) is 5.92 Å². The Bertz CT molecular complexity index is 989. The standard InChI is InChI=1S/C23H28N4O3/c1-13-5-3-7-18(24)21-12-17(15-6-4-8-19(15)26-21)16-10-9-14(25-23(29)30-2)11-20(16)27-22(13)28/h9-13,18H,3-8,24H2,1-2H3,(H,25,29)(H,27,28). The van der Waals surface area contributed by atoms with Crippen LogP contribution < -0.4 is 16.4 Å². The van der Waals surface area contributed by atoms with Crippen LogP contribution in [0.5, 0.6) is 0 Å². The molecule has 2 atom stereocenters. The first-order valence-electron chi connectivity index (χ1n) is 10.5. The molecule has 1 aliphatic carbocycles. The lowest BCUT2D eigenvalue weighted by Gasteiger charge is -2.22. The summed E-state index contributed by atoms with van der Waals surface area (Å²) in [4.78, 5) is 29.4. The molecule has 2 aliphatic rings. The van der Waals surface area contributed by atoms with Crippen molar-refractivity contribution in [2.75, 3.05) is 17.7 Å². The minimum absolute atomic E-state index is 0.0356. The first-order valence-corrected chi connectivity index (χ1v) is 10.5. The molecule has 7 nitrogen and oxygen atoms in total. The Hall–Kier alpha value is -2.93. The molecule has 2 bridgehead atoms. The lowest BCUT2D eigenvalue weighted by Crippen LogP contribution is -2.22. The first kappa shape index (κ1) is 20.3. The second-order valence-electron chi connectivity index (χ2n) is 8.18. The minimum atomic E-state index is -0.555. The van der Waals surface area contributed by atoms with Crippen molar-refractivity contribution in [2.45, 2.75) is 51.5 Å². The predicted molar refractivity (Wildman–Crippen MR) is 116 cm³/mol. The summed E-state index contributed by atoms with van der Waals surface area (Å²) in [5.41, 5.74) is 12.9. The van der Waals surface area contributed by atoms with E-state index in [1.807, 2.05) is 19.1 Å².